The van der Waals surface area contributed by atoms with Crippen LogP contribution >= 0.6 is 0 Å². The Kier molecular flexibility index (Phi) is 4.97. The van der Waals surface area contributed by atoms with Crippen LogP contribution in [-0.2, 0) is 4.79 Å². The Morgan fingerprint density at radius 2 is 2.08 bits per heavy atom. The molecule has 2 heterocycles. The average molecular weight is 327 g/mol. The Labute approximate surface area is 143 Å². The van der Waals surface area contributed by atoms with Crippen LogP contribution < -0.4 is 4.90 Å². The Bertz CT molecular complexity index is 670. The van der Waals surface area contributed by atoms with Gasteiger partial charge in [-0.15, -0.1) is 0 Å². The highest BCUT2D eigenvalue weighted by molar-refractivity contribution is 5.93. The number of carbonyl (C=O) groups is 1. The van der Waals surface area contributed by atoms with Crippen molar-refractivity contribution < 1.29 is 9.32 Å². The molecule has 0 saturated heterocycles. The molecule has 3 rings (SSSR count). The fourth-order valence-corrected chi connectivity index (χ4v) is 3.83. The van der Waals surface area contributed by atoms with Gasteiger partial charge in [-0.25, -0.2) is 4.98 Å². The van der Waals surface area contributed by atoms with Crippen LogP contribution in [0.1, 0.15) is 62.0 Å². The molecule has 5 heteroatoms. The van der Waals surface area contributed by atoms with Gasteiger partial charge in [0.25, 0.3) is 0 Å². The first-order valence-corrected chi connectivity index (χ1v) is 8.73. The smallest absolute Gasteiger partial charge is 0.229 e. The van der Waals surface area contributed by atoms with E-state index in [1.807, 2.05) is 36.9 Å². The zero-order chi connectivity index (χ0) is 17.1. The molecule has 2 aromatic rings. The number of amides is 1. The molecule has 0 radical (unpaired) electrons. The summed E-state index contributed by atoms with van der Waals surface area (Å²) in [5.41, 5.74) is 1.92. The van der Waals surface area contributed by atoms with Crippen LogP contribution in [0.25, 0.3) is 0 Å². The first kappa shape index (κ1) is 16.7. The van der Waals surface area contributed by atoms with Gasteiger partial charge in [-0.05, 0) is 44.7 Å². The van der Waals surface area contributed by atoms with Gasteiger partial charge in [0.2, 0.25) is 5.91 Å². The highest BCUT2D eigenvalue weighted by Crippen LogP contribution is 2.31. The van der Waals surface area contributed by atoms with Gasteiger partial charge in [-0.1, -0.05) is 31.0 Å². The molecule has 1 fully saturated rings. The van der Waals surface area contributed by atoms with Crippen molar-refractivity contribution in [1.82, 2.24) is 10.1 Å². The lowest BCUT2D eigenvalue weighted by molar-refractivity contribution is -0.119. The molecule has 1 atom stereocenters. The highest BCUT2D eigenvalue weighted by Gasteiger charge is 2.30. The van der Waals surface area contributed by atoms with Crippen molar-refractivity contribution >= 4 is 11.7 Å². The van der Waals surface area contributed by atoms with Crippen LogP contribution in [0, 0.1) is 13.8 Å². The van der Waals surface area contributed by atoms with Crippen LogP contribution in [0.15, 0.2) is 28.9 Å². The largest absolute Gasteiger partial charge is 0.361 e. The topological polar surface area (TPSA) is 59.2 Å². The van der Waals surface area contributed by atoms with E-state index in [1.165, 1.54) is 12.8 Å². The third kappa shape index (κ3) is 3.35. The Balaban J connectivity index is 1.81. The maximum Gasteiger partial charge on any atom is 0.229 e. The van der Waals surface area contributed by atoms with E-state index in [1.54, 1.807) is 6.20 Å². The molecule has 0 spiro atoms. The molecule has 24 heavy (non-hydrogen) atoms. The summed E-state index contributed by atoms with van der Waals surface area (Å²) in [5.74, 6) is 1.78. The maximum absolute atomic E-state index is 13.1. The van der Waals surface area contributed by atoms with Crippen molar-refractivity contribution in [3.05, 3.63) is 41.4 Å². The van der Waals surface area contributed by atoms with Crippen molar-refractivity contribution in [3.63, 3.8) is 0 Å². The van der Waals surface area contributed by atoms with E-state index in [4.69, 9.17) is 4.52 Å². The minimum Gasteiger partial charge on any atom is -0.361 e. The molecule has 5 nitrogen and oxygen atoms in total. The lowest BCUT2D eigenvalue weighted by Crippen LogP contribution is -2.40. The molecule has 1 aliphatic carbocycles. The van der Waals surface area contributed by atoms with Crippen LogP contribution in [0.3, 0.4) is 0 Å². The molecule has 0 aromatic carbocycles. The van der Waals surface area contributed by atoms with E-state index < -0.39 is 0 Å². The van der Waals surface area contributed by atoms with Crippen LogP contribution in [0.5, 0.6) is 0 Å². The van der Waals surface area contributed by atoms with Gasteiger partial charge < -0.3 is 4.52 Å². The molecular weight excluding hydrogens is 302 g/mol. The minimum absolute atomic E-state index is 0.0800. The van der Waals surface area contributed by atoms with Gasteiger partial charge >= 0.3 is 0 Å². The third-order valence-electron chi connectivity index (χ3n) is 4.92. The normalized spacial score (nSPS) is 16.3. The van der Waals surface area contributed by atoms with E-state index in [0.29, 0.717) is 6.42 Å². The fraction of sp³-hybridized carbons (Fsp3) is 0.526. The third-order valence-corrected chi connectivity index (χ3v) is 4.92. The number of nitrogens with zero attached hydrogens (tertiary/aromatic N) is 3. The van der Waals surface area contributed by atoms with Crippen molar-refractivity contribution in [2.24, 2.45) is 0 Å². The quantitative estimate of drug-likeness (QED) is 0.827. The molecule has 0 aliphatic heterocycles. The van der Waals surface area contributed by atoms with Crippen LogP contribution in [-0.4, -0.2) is 22.1 Å². The van der Waals surface area contributed by atoms with Crippen molar-refractivity contribution in [3.8, 4) is 0 Å². The SMILES string of the molecule is Cc1noc(C)c1[C@H](C)CC(=O)N(c1ccccn1)C1CCCC1. The maximum atomic E-state index is 13.1. The summed E-state index contributed by atoms with van der Waals surface area (Å²) in [6.45, 7) is 5.90. The first-order valence-electron chi connectivity index (χ1n) is 8.73. The van der Waals surface area contributed by atoms with Gasteiger partial charge in [0.05, 0.1) is 5.69 Å². The zero-order valence-electron chi connectivity index (χ0n) is 14.7. The molecular formula is C19H25N3O2. The molecule has 128 valence electrons. The second-order valence-corrected chi connectivity index (χ2v) is 6.73. The number of carbonyl (C=O) groups excluding carboxylic acids is 1. The predicted octanol–water partition coefficient (Wildman–Crippen LogP) is 4.16. The van der Waals surface area contributed by atoms with Crippen molar-refractivity contribution in [2.45, 2.75) is 64.8 Å². The van der Waals surface area contributed by atoms with Gasteiger partial charge in [0.15, 0.2) is 0 Å². The number of hydrogen-bond donors (Lipinski definition) is 0. The fourth-order valence-electron chi connectivity index (χ4n) is 3.83. The van der Waals surface area contributed by atoms with E-state index >= 15 is 0 Å². The second-order valence-electron chi connectivity index (χ2n) is 6.73. The summed E-state index contributed by atoms with van der Waals surface area (Å²) in [6.07, 6.45) is 6.67. The standard InChI is InChI=1S/C19H25N3O2/c1-13(19-14(2)21-24-15(19)3)12-18(23)22(16-8-4-5-9-16)17-10-6-7-11-20-17/h6-7,10-11,13,16H,4-5,8-9,12H2,1-3H3/t13-/m1/s1. The number of rotatable bonds is 5. The van der Waals surface area contributed by atoms with Gasteiger partial charge in [0.1, 0.15) is 11.6 Å². The Morgan fingerprint density at radius 1 is 1.33 bits per heavy atom. The molecule has 1 aliphatic rings. The molecule has 1 amide bonds. The highest BCUT2D eigenvalue weighted by atomic mass is 16.5. The number of hydrogen-bond acceptors (Lipinski definition) is 4. The number of anilines is 1. The zero-order valence-corrected chi connectivity index (χ0v) is 14.7. The monoisotopic (exact) mass is 327 g/mol. The molecule has 1 saturated carbocycles. The Morgan fingerprint density at radius 3 is 2.67 bits per heavy atom. The van der Waals surface area contributed by atoms with Gasteiger partial charge in [-0.3, -0.25) is 9.69 Å². The summed E-state index contributed by atoms with van der Waals surface area (Å²) in [7, 11) is 0. The predicted molar refractivity (Wildman–Crippen MR) is 93.0 cm³/mol. The van der Waals surface area contributed by atoms with Crippen LogP contribution in [0.2, 0.25) is 0 Å². The molecule has 0 N–H and O–H groups in total. The summed E-state index contributed by atoms with van der Waals surface area (Å²) < 4.78 is 5.26. The lowest BCUT2D eigenvalue weighted by Gasteiger charge is -2.29. The van der Waals surface area contributed by atoms with Gasteiger partial charge in [-0.2, -0.15) is 0 Å². The molecule has 0 unspecified atom stereocenters. The average Bonchev–Trinajstić information content (AvgIpc) is 3.19. The van der Waals surface area contributed by atoms with E-state index in [2.05, 4.69) is 17.1 Å². The summed E-state index contributed by atoms with van der Waals surface area (Å²) in [5, 5.41) is 4.01. The van der Waals surface area contributed by atoms with Crippen molar-refractivity contribution in [1.29, 1.82) is 0 Å². The van der Waals surface area contributed by atoms with E-state index in [-0.39, 0.29) is 17.9 Å². The Hall–Kier alpha value is -2.17. The minimum atomic E-state index is 0.0800. The lowest BCUT2D eigenvalue weighted by atomic mass is 9.95. The molecule has 0 bridgehead atoms. The second kappa shape index (κ2) is 7.16. The number of pyridine rings is 1. The van der Waals surface area contributed by atoms with Crippen LogP contribution in [0.4, 0.5) is 5.82 Å². The van der Waals surface area contributed by atoms with E-state index in [0.717, 1.165) is 35.7 Å². The van der Waals surface area contributed by atoms with E-state index in [9.17, 15) is 4.79 Å². The number of aryl methyl sites for hydroxylation is 2. The van der Waals surface area contributed by atoms with Crippen molar-refractivity contribution in [2.75, 3.05) is 4.90 Å². The summed E-state index contributed by atoms with van der Waals surface area (Å²) in [4.78, 5) is 19.4. The summed E-state index contributed by atoms with van der Waals surface area (Å²) in [6, 6.07) is 6.02. The summed E-state index contributed by atoms with van der Waals surface area (Å²) >= 11 is 0. The molecule has 2 aromatic heterocycles. The number of aromatic nitrogens is 2. The van der Waals surface area contributed by atoms with Gasteiger partial charge in [0, 0.05) is 24.2 Å². The first-order chi connectivity index (χ1) is 11.6.